The Morgan fingerprint density at radius 2 is 2.29 bits per heavy atom. The molecule has 0 unspecified atom stereocenters. The summed E-state index contributed by atoms with van der Waals surface area (Å²) >= 11 is 0. The van der Waals surface area contributed by atoms with Crippen molar-refractivity contribution >= 4 is 17.3 Å². The Bertz CT molecular complexity index is 374. The lowest BCUT2D eigenvalue weighted by molar-refractivity contribution is -0.117. The number of carbonyl (C=O) groups excluding carboxylic acids is 1. The maximum absolute atomic E-state index is 11.6. The lowest BCUT2D eigenvalue weighted by Gasteiger charge is -2.17. The topological polar surface area (TPSA) is 46.3 Å². The van der Waals surface area contributed by atoms with Crippen molar-refractivity contribution in [2.45, 2.75) is 19.8 Å². The third kappa shape index (κ3) is 1.25. The van der Waals surface area contributed by atoms with E-state index in [1.54, 1.807) is 4.90 Å². The minimum Gasteiger partial charge on any atom is -0.397 e. The van der Waals surface area contributed by atoms with Crippen LogP contribution in [0, 0.1) is 0 Å². The van der Waals surface area contributed by atoms with Crippen LogP contribution in [0.1, 0.15) is 18.9 Å². The van der Waals surface area contributed by atoms with E-state index >= 15 is 0 Å². The predicted octanol–water partition coefficient (Wildman–Crippen LogP) is 1.57. The molecule has 0 bridgehead atoms. The predicted molar refractivity (Wildman–Crippen MR) is 57.2 cm³/mol. The highest BCUT2D eigenvalue weighted by Crippen LogP contribution is 2.34. The number of amides is 1. The van der Waals surface area contributed by atoms with Gasteiger partial charge in [-0.3, -0.25) is 4.79 Å². The molecule has 0 atom stereocenters. The van der Waals surface area contributed by atoms with Crippen LogP contribution in [0.2, 0.25) is 0 Å². The van der Waals surface area contributed by atoms with Crippen molar-refractivity contribution in [1.29, 1.82) is 0 Å². The minimum atomic E-state index is 0.166. The van der Waals surface area contributed by atoms with Gasteiger partial charge >= 0.3 is 0 Å². The third-order valence-electron chi connectivity index (χ3n) is 2.51. The molecule has 74 valence electrons. The second-order valence-corrected chi connectivity index (χ2v) is 3.58. The van der Waals surface area contributed by atoms with E-state index in [4.69, 9.17) is 5.73 Å². The van der Waals surface area contributed by atoms with Crippen molar-refractivity contribution in [2.75, 3.05) is 17.2 Å². The first-order chi connectivity index (χ1) is 6.74. The first-order valence-corrected chi connectivity index (χ1v) is 4.91. The Labute approximate surface area is 83.5 Å². The molecule has 1 aliphatic heterocycles. The van der Waals surface area contributed by atoms with Gasteiger partial charge in [0.25, 0.3) is 0 Å². The highest BCUT2D eigenvalue weighted by atomic mass is 16.2. The van der Waals surface area contributed by atoms with Crippen LogP contribution in [0.5, 0.6) is 0 Å². The average molecular weight is 190 g/mol. The van der Waals surface area contributed by atoms with Crippen LogP contribution in [0.4, 0.5) is 11.4 Å². The molecule has 0 fully saturated rings. The molecule has 1 aromatic carbocycles. The molecule has 1 amide bonds. The second-order valence-electron chi connectivity index (χ2n) is 3.58. The van der Waals surface area contributed by atoms with Gasteiger partial charge in [-0.25, -0.2) is 0 Å². The van der Waals surface area contributed by atoms with E-state index in [2.05, 4.69) is 6.92 Å². The maximum Gasteiger partial charge on any atom is 0.231 e. The lowest BCUT2D eigenvalue weighted by Crippen LogP contribution is -2.27. The number of rotatable bonds is 2. The molecule has 2 N–H and O–H groups in total. The van der Waals surface area contributed by atoms with Crippen LogP contribution in [0.25, 0.3) is 0 Å². The SMILES string of the molecule is CCCN1C(=O)Cc2cccc(N)c21. The number of para-hydroxylation sites is 1. The van der Waals surface area contributed by atoms with Gasteiger partial charge in [-0.05, 0) is 18.1 Å². The van der Waals surface area contributed by atoms with E-state index in [1.165, 1.54) is 0 Å². The largest absolute Gasteiger partial charge is 0.397 e. The number of nitrogens with zero attached hydrogens (tertiary/aromatic N) is 1. The number of fused-ring (bicyclic) bond motifs is 1. The number of carbonyl (C=O) groups is 1. The number of hydrogen-bond acceptors (Lipinski definition) is 2. The quantitative estimate of drug-likeness (QED) is 0.719. The Morgan fingerprint density at radius 3 is 3.00 bits per heavy atom. The maximum atomic E-state index is 11.6. The Hall–Kier alpha value is -1.51. The molecule has 1 aliphatic rings. The van der Waals surface area contributed by atoms with E-state index in [0.29, 0.717) is 12.1 Å². The molecule has 0 aromatic heterocycles. The molecule has 1 heterocycles. The molecule has 3 nitrogen and oxygen atoms in total. The molecule has 0 saturated carbocycles. The van der Waals surface area contributed by atoms with Crippen molar-refractivity contribution < 1.29 is 4.79 Å². The van der Waals surface area contributed by atoms with E-state index in [9.17, 15) is 4.79 Å². The fraction of sp³-hybridized carbons (Fsp3) is 0.364. The van der Waals surface area contributed by atoms with Crippen LogP contribution in [0.3, 0.4) is 0 Å². The number of nitrogens with two attached hydrogens (primary N) is 1. The molecule has 0 aliphatic carbocycles. The lowest BCUT2D eigenvalue weighted by atomic mass is 10.1. The summed E-state index contributed by atoms with van der Waals surface area (Å²) < 4.78 is 0. The van der Waals surface area contributed by atoms with Gasteiger partial charge in [0.1, 0.15) is 0 Å². The Morgan fingerprint density at radius 1 is 1.50 bits per heavy atom. The van der Waals surface area contributed by atoms with Crippen LogP contribution in [0.15, 0.2) is 18.2 Å². The molecule has 0 saturated heterocycles. The van der Waals surface area contributed by atoms with Crippen molar-refractivity contribution in [2.24, 2.45) is 0 Å². The van der Waals surface area contributed by atoms with Crippen molar-refractivity contribution in [3.05, 3.63) is 23.8 Å². The first kappa shape index (κ1) is 9.06. The van der Waals surface area contributed by atoms with Crippen LogP contribution >= 0.6 is 0 Å². The van der Waals surface area contributed by atoms with Crippen LogP contribution < -0.4 is 10.6 Å². The van der Waals surface area contributed by atoms with Gasteiger partial charge in [0.05, 0.1) is 17.8 Å². The average Bonchev–Trinajstić information content (AvgIpc) is 2.45. The second kappa shape index (κ2) is 3.33. The zero-order valence-electron chi connectivity index (χ0n) is 8.29. The molecule has 2 rings (SSSR count). The Kier molecular flexibility index (Phi) is 2.15. The summed E-state index contributed by atoms with van der Waals surface area (Å²) in [5.41, 5.74) is 8.56. The molecule has 0 radical (unpaired) electrons. The fourth-order valence-corrected chi connectivity index (χ4v) is 1.93. The fourth-order valence-electron chi connectivity index (χ4n) is 1.93. The van der Waals surface area contributed by atoms with Crippen LogP contribution in [-0.4, -0.2) is 12.5 Å². The molecule has 1 aromatic rings. The number of benzene rings is 1. The molecular weight excluding hydrogens is 176 g/mol. The zero-order chi connectivity index (χ0) is 10.1. The van der Waals surface area contributed by atoms with Gasteiger partial charge < -0.3 is 10.6 Å². The van der Waals surface area contributed by atoms with E-state index in [1.807, 2.05) is 18.2 Å². The van der Waals surface area contributed by atoms with Gasteiger partial charge in [-0.1, -0.05) is 19.1 Å². The van der Waals surface area contributed by atoms with E-state index in [0.717, 1.165) is 24.2 Å². The summed E-state index contributed by atoms with van der Waals surface area (Å²) in [4.78, 5) is 13.4. The number of hydrogen-bond donors (Lipinski definition) is 1. The third-order valence-corrected chi connectivity index (χ3v) is 2.51. The van der Waals surface area contributed by atoms with Gasteiger partial charge in [-0.15, -0.1) is 0 Å². The van der Waals surface area contributed by atoms with Crippen molar-refractivity contribution in [3.8, 4) is 0 Å². The molecule has 14 heavy (non-hydrogen) atoms. The van der Waals surface area contributed by atoms with E-state index in [-0.39, 0.29) is 5.91 Å². The Balaban J connectivity index is 2.44. The highest BCUT2D eigenvalue weighted by molar-refractivity contribution is 6.04. The monoisotopic (exact) mass is 190 g/mol. The summed E-state index contributed by atoms with van der Waals surface area (Å²) in [7, 11) is 0. The number of anilines is 2. The van der Waals surface area contributed by atoms with Gasteiger partial charge in [-0.2, -0.15) is 0 Å². The highest BCUT2D eigenvalue weighted by Gasteiger charge is 2.27. The number of nitrogen functional groups attached to an aromatic ring is 1. The molecular formula is C11H14N2O. The van der Waals surface area contributed by atoms with Gasteiger partial charge in [0, 0.05) is 6.54 Å². The van der Waals surface area contributed by atoms with Crippen molar-refractivity contribution in [1.82, 2.24) is 0 Å². The van der Waals surface area contributed by atoms with Gasteiger partial charge in [0.2, 0.25) is 5.91 Å². The zero-order valence-corrected chi connectivity index (χ0v) is 8.29. The first-order valence-electron chi connectivity index (χ1n) is 4.91. The summed E-state index contributed by atoms with van der Waals surface area (Å²) in [6, 6.07) is 5.72. The standard InChI is InChI=1S/C11H14N2O/c1-2-6-13-10(14)7-8-4-3-5-9(12)11(8)13/h3-5H,2,6-7,12H2,1H3. The summed E-state index contributed by atoms with van der Waals surface area (Å²) in [6.45, 7) is 2.82. The summed E-state index contributed by atoms with van der Waals surface area (Å²) in [6.07, 6.45) is 1.46. The normalized spacial score (nSPS) is 14.6. The smallest absolute Gasteiger partial charge is 0.231 e. The minimum absolute atomic E-state index is 0.166. The summed E-state index contributed by atoms with van der Waals surface area (Å²) in [5, 5.41) is 0. The van der Waals surface area contributed by atoms with Crippen LogP contribution in [-0.2, 0) is 11.2 Å². The molecule has 0 spiro atoms. The molecule has 3 heteroatoms. The van der Waals surface area contributed by atoms with Crippen molar-refractivity contribution in [3.63, 3.8) is 0 Å². The van der Waals surface area contributed by atoms with E-state index < -0.39 is 0 Å². The van der Waals surface area contributed by atoms with Gasteiger partial charge in [0.15, 0.2) is 0 Å². The summed E-state index contributed by atoms with van der Waals surface area (Å²) in [5.74, 6) is 0.166.